The lowest BCUT2D eigenvalue weighted by molar-refractivity contribution is 0.597. The van der Waals surface area contributed by atoms with Gasteiger partial charge in [-0.1, -0.05) is 22.0 Å². The van der Waals surface area contributed by atoms with Crippen LogP contribution >= 0.6 is 15.9 Å². The number of primary sulfonamides is 1. The van der Waals surface area contributed by atoms with E-state index >= 15 is 0 Å². The molecule has 0 fully saturated rings. The average molecular weight is 373 g/mol. The Balaban J connectivity index is 2.26. The molecule has 0 saturated heterocycles. The van der Waals surface area contributed by atoms with Crippen LogP contribution in [0.5, 0.6) is 0 Å². The van der Waals surface area contributed by atoms with Gasteiger partial charge in [0.15, 0.2) is 0 Å². The zero-order chi connectivity index (χ0) is 15.6. The molecule has 7 heteroatoms. The minimum Gasteiger partial charge on any atom is -0.381 e. The summed E-state index contributed by atoms with van der Waals surface area (Å²) in [6.07, 6.45) is 0. The highest BCUT2D eigenvalue weighted by Gasteiger charge is 2.10. The SMILES string of the molecule is Cc1ccc(S(N)(=O)=O)cc1NCc1cc(Br)ccc1F. The van der Waals surface area contributed by atoms with E-state index in [2.05, 4.69) is 21.2 Å². The molecule has 0 bridgehead atoms. The van der Waals surface area contributed by atoms with Crippen LogP contribution in [-0.4, -0.2) is 8.42 Å². The zero-order valence-corrected chi connectivity index (χ0v) is 13.6. The molecule has 112 valence electrons. The normalized spacial score (nSPS) is 11.4. The maximum absolute atomic E-state index is 13.7. The number of sulfonamides is 1. The van der Waals surface area contributed by atoms with E-state index in [-0.39, 0.29) is 17.3 Å². The highest BCUT2D eigenvalue weighted by Crippen LogP contribution is 2.22. The third-order valence-electron chi connectivity index (χ3n) is 3.01. The second kappa shape index (κ2) is 6.13. The molecule has 0 aromatic heterocycles. The summed E-state index contributed by atoms with van der Waals surface area (Å²) < 4.78 is 37.1. The first-order valence-corrected chi connectivity index (χ1v) is 8.42. The Morgan fingerprint density at radius 1 is 1.24 bits per heavy atom. The number of benzene rings is 2. The molecule has 4 nitrogen and oxygen atoms in total. The third kappa shape index (κ3) is 4.03. The number of anilines is 1. The van der Waals surface area contributed by atoms with Gasteiger partial charge in [0, 0.05) is 22.3 Å². The van der Waals surface area contributed by atoms with Crippen LogP contribution in [0, 0.1) is 12.7 Å². The van der Waals surface area contributed by atoms with Gasteiger partial charge in [-0.05, 0) is 42.8 Å². The van der Waals surface area contributed by atoms with Crippen molar-refractivity contribution in [2.45, 2.75) is 18.4 Å². The first kappa shape index (κ1) is 15.9. The Morgan fingerprint density at radius 3 is 2.62 bits per heavy atom. The van der Waals surface area contributed by atoms with Gasteiger partial charge in [0.25, 0.3) is 0 Å². The molecule has 3 N–H and O–H groups in total. The van der Waals surface area contributed by atoms with Gasteiger partial charge in [0.2, 0.25) is 10.0 Å². The topological polar surface area (TPSA) is 72.2 Å². The quantitative estimate of drug-likeness (QED) is 0.865. The monoisotopic (exact) mass is 372 g/mol. The summed E-state index contributed by atoms with van der Waals surface area (Å²) in [5.41, 5.74) is 1.92. The van der Waals surface area contributed by atoms with Crippen molar-refractivity contribution in [3.63, 3.8) is 0 Å². The minimum absolute atomic E-state index is 0.0188. The molecule has 0 aliphatic carbocycles. The minimum atomic E-state index is -3.76. The van der Waals surface area contributed by atoms with Crippen molar-refractivity contribution in [3.05, 3.63) is 57.8 Å². The lowest BCUT2D eigenvalue weighted by Gasteiger charge is -2.12. The smallest absolute Gasteiger partial charge is 0.238 e. The molecule has 0 saturated carbocycles. The number of halogens is 2. The van der Waals surface area contributed by atoms with E-state index in [9.17, 15) is 12.8 Å². The van der Waals surface area contributed by atoms with Crippen molar-refractivity contribution >= 4 is 31.6 Å². The van der Waals surface area contributed by atoms with Gasteiger partial charge < -0.3 is 5.32 Å². The number of hydrogen-bond acceptors (Lipinski definition) is 3. The van der Waals surface area contributed by atoms with Gasteiger partial charge in [-0.25, -0.2) is 17.9 Å². The van der Waals surface area contributed by atoms with Crippen LogP contribution in [0.25, 0.3) is 0 Å². The highest BCUT2D eigenvalue weighted by atomic mass is 79.9. The molecule has 0 atom stereocenters. The summed E-state index contributed by atoms with van der Waals surface area (Å²) in [7, 11) is -3.76. The van der Waals surface area contributed by atoms with Crippen LogP contribution in [0.2, 0.25) is 0 Å². The van der Waals surface area contributed by atoms with E-state index in [4.69, 9.17) is 5.14 Å². The number of rotatable bonds is 4. The fraction of sp³-hybridized carbons (Fsp3) is 0.143. The van der Waals surface area contributed by atoms with E-state index < -0.39 is 10.0 Å². The Bertz CT molecular complexity index is 779. The first-order valence-electron chi connectivity index (χ1n) is 6.08. The molecule has 0 heterocycles. The van der Waals surface area contributed by atoms with Crippen LogP contribution < -0.4 is 10.5 Å². The summed E-state index contributed by atoms with van der Waals surface area (Å²) in [4.78, 5) is 0.0188. The van der Waals surface area contributed by atoms with Crippen molar-refractivity contribution < 1.29 is 12.8 Å². The summed E-state index contributed by atoms with van der Waals surface area (Å²) in [5.74, 6) is -0.328. The molecule has 0 unspecified atom stereocenters. The molecular formula is C14H14BrFN2O2S. The van der Waals surface area contributed by atoms with Crippen LogP contribution in [0.15, 0.2) is 45.8 Å². The van der Waals surface area contributed by atoms with Crippen molar-refractivity contribution in [2.75, 3.05) is 5.32 Å². The third-order valence-corrected chi connectivity index (χ3v) is 4.42. The van der Waals surface area contributed by atoms with E-state index in [0.717, 1.165) is 10.0 Å². The standard InChI is InChI=1S/C14H14BrFN2O2S/c1-9-2-4-12(21(17,19)20)7-14(9)18-8-10-6-11(15)3-5-13(10)16/h2-7,18H,8H2,1H3,(H2,17,19,20). The Hall–Kier alpha value is -1.44. The lowest BCUT2D eigenvalue weighted by atomic mass is 10.1. The van der Waals surface area contributed by atoms with Gasteiger partial charge in [0.1, 0.15) is 5.82 Å². The van der Waals surface area contributed by atoms with E-state index in [0.29, 0.717) is 11.3 Å². The Kier molecular flexibility index (Phi) is 4.65. The zero-order valence-electron chi connectivity index (χ0n) is 11.2. The van der Waals surface area contributed by atoms with Crippen molar-refractivity contribution in [1.82, 2.24) is 0 Å². The molecule has 2 aromatic carbocycles. The average Bonchev–Trinajstić information content (AvgIpc) is 2.40. The van der Waals surface area contributed by atoms with Crippen LogP contribution in [0.3, 0.4) is 0 Å². The van der Waals surface area contributed by atoms with Crippen molar-refractivity contribution in [2.24, 2.45) is 5.14 Å². The molecular weight excluding hydrogens is 359 g/mol. The van der Waals surface area contributed by atoms with Crippen LogP contribution in [-0.2, 0) is 16.6 Å². The van der Waals surface area contributed by atoms with E-state index in [1.807, 2.05) is 6.92 Å². The maximum atomic E-state index is 13.7. The number of nitrogens with one attached hydrogen (secondary N) is 1. The predicted octanol–water partition coefficient (Wildman–Crippen LogP) is 3.16. The number of nitrogens with two attached hydrogens (primary N) is 1. The van der Waals surface area contributed by atoms with Crippen molar-refractivity contribution in [1.29, 1.82) is 0 Å². The molecule has 2 aromatic rings. The molecule has 0 spiro atoms. The van der Waals surface area contributed by atoms with Crippen LogP contribution in [0.1, 0.15) is 11.1 Å². The summed E-state index contributed by atoms with van der Waals surface area (Å²) in [5, 5.41) is 8.13. The largest absolute Gasteiger partial charge is 0.381 e. The van der Waals surface area contributed by atoms with Crippen LogP contribution in [0.4, 0.5) is 10.1 Å². The highest BCUT2D eigenvalue weighted by molar-refractivity contribution is 9.10. The van der Waals surface area contributed by atoms with Gasteiger partial charge in [-0.15, -0.1) is 0 Å². The molecule has 0 aliphatic rings. The summed E-state index contributed by atoms with van der Waals surface area (Å²) >= 11 is 3.28. The van der Waals surface area contributed by atoms with Gasteiger partial charge in [0.05, 0.1) is 4.90 Å². The maximum Gasteiger partial charge on any atom is 0.238 e. The molecule has 2 rings (SSSR count). The molecule has 0 amide bonds. The van der Waals surface area contributed by atoms with Gasteiger partial charge in [-0.3, -0.25) is 0 Å². The molecule has 0 radical (unpaired) electrons. The van der Waals surface area contributed by atoms with E-state index in [1.165, 1.54) is 18.2 Å². The number of hydrogen-bond donors (Lipinski definition) is 2. The van der Waals surface area contributed by atoms with Crippen molar-refractivity contribution in [3.8, 4) is 0 Å². The predicted molar refractivity (Wildman–Crippen MR) is 84.0 cm³/mol. The molecule has 21 heavy (non-hydrogen) atoms. The van der Waals surface area contributed by atoms with E-state index in [1.54, 1.807) is 18.2 Å². The molecule has 0 aliphatic heterocycles. The second-order valence-corrected chi connectivity index (χ2v) is 7.09. The Morgan fingerprint density at radius 2 is 1.95 bits per heavy atom. The Labute approximate surface area is 131 Å². The lowest BCUT2D eigenvalue weighted by Crippen LogP contribution is -2.13. The first-order chi connectivity index (χ1) is 9.77. The fourth-order valence-corrected chi connectivity index (χ4v) is 2.79. The van der Waals surface area contributed by atoms with Gasteiger partial charge >= 0.3 is 0 Å². The second-order valence-electron chi connectivity index (χ2n) is 4.61. The fourth-order valence-electron chi connectivity index (χ4n) is 1.84. The number of aryl methyl sites for hydroxylation is 1. The van der Waals surface area contributed by atoms with Gasteiger partial charge in [-0.2, -0.15) is 0 Å². The summed E-state index contributed by atoms with van der Waals surface area (Å²) in [6, 6.07) is 9.19. The summed E-state index contributed by atoms with van der Waals surface area (Å²) in [6.45, 7) is 2.06.